The summed E-state index contributed by atoms with van der Waals surface area (Å²) in [5.74, 6) is 0. The van der Waals surface area contributed by atoms with Gasteiger partial charge in [0.05, 0.1) is 0 Å². The maximum Gasteiger partial charge on any atom is 0.0430 e. The van der Waals surface area contributed by atoms with E-state index in [0.29, 0.717) is 0 Å². The molecular formula is C17H22ClN3. The third-order valence-electron chi connectivity index (χ3n) is 3.43. The zero-order valence-electron chi connectivity index (χ0n) is 12.6. The number of rotatable bonds is 6. The Morgan fingerprint density at radius 3 is 2.57 bits per heavy atom. The van der Waals surface area contributed by atoms with Crippen LogP contribution in [0.2, 0.25) is 5.02 Å². The highest BCUT2D eigenvalue weighted by Gasteiger charge is 2.12. The second-order valence-electron chi connectivity index (χ2n) is 5.32. The smallest absolute Gasteiger partial charge is 0.0430 e. The minimum absolute atomic E-state index is 0.113. The van der Waals surface area contributed by atoms with Crippen molar-refractivity contribution in [1.82, 2.24) is 4.98 Å². The van der Waals surface area contributed by atoms with Gasteiger partial charge in [-0.15, -0.1) is 0 Å². The largest absolute Gasteiger partial charge is 0.367 e. The molecule has 1 unspecified atom stereocenters. The molecule has 112 valence electrons. The predicted molar refractivity (Wildman–Crippen MR) is 89.8 cm³/mol. The zero-order valence-corrected chi connectivity index (χ0v) is 13.3. The van der Waals surface area contributed by atoms with Crippen LogP contribution in [0.25, 0.3) is 0 Å². The molecule has 2 rings (SSSR count). The normalized spacial score (nSPS) is 12.2. The Labute approximate surface area is 131 Å². The number of aromatic nitrogens is 1. The average Bonchev–Trinajstić information content (AvgIpc) is 2.46. The summed E-state index contributed by atoms with van der Waals surface area (Å²) in [7, 11) is 0. The topological polar surface area (TPSA) is 42.2 Å². The SMILES string of the molecule is CCN(Cc1ccncc1)c1ccc(Cl)cc1CC(C)N. The number of nitrogens with two attached hydrogens (primary N) is 1. The molecular weight excluding hydrogens is 282 g/mol. The summed E-state index contributed by atoms with van der Waals surface area (Å²) in [5.41, 5.74) is 9.62. The number of hydrogen-bond donors (Lipinski definition) is 1. The Morgan fingerprint density at radius 1 is 1.24 bits per heavy atom. The third kappa shape index (κ3) is 4.45. The molecule has 0 fully saturated rings. The molecule has 3 nitrogen and oxygen atoms in total. The number of pyridine rings is 1. The first kappa shape index (κ1) is 15.8. The molecule has 0 spiro atoms. The standard InChI is InChI=1S/C17H22ClN3/c1-3-21(12-14-6-8-20-9-7-14)17-5-4-16(18)11-15(17)10-13(2)19/h4-9,11,13H,3,10,12,19H2,1-2H3. The van der Waals surface area contributed by atoms with Crippen molar-refractivity contribution in [1.29, 1.82) is 0 Å². The fraction of sp³-hybridized carbons (Fsp3) is 0.353. The fourth-order valence-electron chi connectivity index (χ4n) is 2.45. The van der Waals surface area contributed by atoms with Gasteiger partial charge in [0.1, 0.15) is 0 Å². The van der Waals surface area contributed by atoms with E-state index in [1.807, 2.05) is 43.6 Å². The Morgan fingerprint density at radius 2 is 1.95 bits per heavy atom. The van der Waals surface area contributed by atoms with E-state index in [1.165, 1.54) is 16.8 Å². The second-order valence-corrected chi connectivity index (χ2v) is 5.76. The van der Waals surface area contributed by atoms with E-state index in [0.717, 1.165) is 24.5 Å². The van der Waals surface area contributed by atoms with Crippen molar-refractivity contribution in [2.75, 3.05) is 11.4 Å². The monoisotopic (exact) mass is 303 g/mol. The summed E-state index contributed by atoms with van der Waals surface area (Å²) in [4.78, 5) is 6.40. The summed E-state index contributed by atoms with van der Waals surface area (Å²) in [5, 5.41) is 0.759. The lowest BCUT2D eigenvalue weighted by Gasteiger charge is -2.26. The van der Waals surface area contributed by atoms with Crippen molar-refractivity contribution in [3.05, 3.63) is 58.9 Å². The third-order valence-corrected chi connectivity index (χ3v) is 3.66. The zero-order chi connectivity index (χ0) is 15.2. The Bertz CT molecular complexity index is 570. The lowest BCUT2D eigenvalue weighted by molar-refractivity contribution is 0.729. The molecule has 0 saturated heterocycles. The maximum atomic E-state index is 6.14. The Kier molecular flexibility index (Phi) is 5.59. The van der Waals surface area contributed by atoms with Crippen LogP contribution in [0, 0.1) is 0 Å². The number of hydrogen-bond acceptors (Lipinski definition) is 3. The molecule has 1 atom stereocenters. The Hall–Kier alpha value is -1.58. The van der Waals surface area contributed by atoms with Crippen LogP contribution in [-0.4, -0.2) is 17.6 Å². The van der Waals surface area contributed by atoms with Crippen molar-refractivity contribution in [3.63, 3.8) is 0 Å². The van der Waals surface area contributed by atoms with E-state index >= 15 is 0 Å². The fourth-order valence-corrected chi connectivity index (χ4v) is 2.64. The van der Waals surface area contributed by atoms with Crippen LogP contribution < -0.4 is 10.6 Å². The van der Waals surface area contributed by atoms with Gasteiger partial charge in [-0.05, 0) is 61.7 Å². The van der Waals surface area contributed by atoms with Crippen LogP contribution in [0.1, 0.15) is 25.0 Å². The Balaban J connectivity index is 2.28. The van der Waals surface area contributed by atoms with Crippen molar-refractivity contribution in [2.45, 2.75) is 32.9 Å². The number of nitrogens with zero attached hydrogens (tertiary/aromatic N) is 2. The number of anilines is 1. The molecule has 0 aliphatic carbocycles. The van der Waals surface area contributed by atoms with Gasteiger partial charge < -0.3 is 10.6 Å². The molecule has 0 radical (unpaired) electrons. The molecule has 0 amide bonds. The molecule has 1 aromatic heterocycles. The molecule has 0 bridgehead atoms. The van der Waals surface area contributed by atoms with Crippen LogP contribution in [0.3, 0.4) is 0 Å². The number of benzene rings is 1. The molecule has 0 saturated carbocycles. The molecule has 21 heavy (non-hydrogen) atoms. The minimum Gasteiger partial charge on any atom is -0.367 e. The highest BCUT2D eigenvalue weighted by molar-refractivity contribution is 6.30. The predicted octanol–water partition coefficient (Wildman–Crippen LogP) is 3.65. The molecule has 2 aromatic rings. The molecule has 0 aliphatic rings. The first-order chi connectivity index (χ1) is 10.1. The highest BCUT2D eigenvalue weighted by atomic mass is 35.5. The van der Waals surface area contributed by atoms with Crippen molar-refractivity contribution in [3.8, 4) is 0 Å². The first-order valence-electron chi connectivity index (χ1n) is 7.28. The van der Waals surface area contributed by atoms with Gasteiger partial charge in [-0.2, -0.15) is 0 Å². The van der Waals surface area contributed by atoms with Crippen molar-refractivity contribution < 1.29 is 0 Å². The summed E-state index contributed by atoms with van der Waals surface area (Å²) in [6, 6.07) is 10.3. The second kappa shape index (κ2) is 7.43. The summed E-state index contributed by atoms with van der Waals surface area (Å²) >= 11 is 6.14. The van der Waals surface area contributed by atoms with Crippen LogP contribution in [0.5, 0.6) is 0 Å². The van der Waals surface area contributed by atoms with Gasteiger partial charge in [0, 0.05) is 42.2 Å². The first-order valence-corrected chi connectivity index (χ1v) is 7.65. The van der Waals surface area contributed by atoms with Gasteiger partial charge >= 0.3 is 0 Å². The van der Waals surface area contributed by atoms with E-state index < -0.39 is 0 Å². The van der Waals surface area contributed by atoms with Crippen LogP contribution in [0.15, 0.2) is 42.7 Å². The van der Waals surface area contributed by atoms with Gasteiger partial charge in [0.15, 0.2) is 0 Å². The van der Waals surface area contributed by atoms with E-state index in [4.69, 9.17) is 17.3 Å². The van der Waals surface area contributed by atoms with Gasteiger partial charge in [-0.1, -0.05) is 11.6 Å². The van der Waals surface area contributed by atoms with Crippen LogP contribution in [0.4, 0.5) is 5.69 Å². The quantitative estimate of drug-likeness (QED) is 0.885. The van der Waals surface area contributed by atoms with Crippen LogP contribution in [-0.2, 0) is 13.0 Å². The highest BCUT2D eigenvalue weighted by Crippen LogP contribution is 2.26. The maximum absolute atomic E-state index is 6.14. The van der Waals surface area contributed by atoms with E-state index in [-0.39, 0.29) is 6.04 Å². The number of halogens is 1. The molecule has 0 aliphatic heterocycles. The van der Waals surface area contributed by atoms with Crippen molar-refractivity contribution in [2.24, 2.45) is 5.73 Å². The summed E-state index contributed by atoms with van der Waals surface area (Å²) in [6.07, 6.45) is 4.48. The van der Waals surface area contributed by atoms with Gasteiger partial charge in [0.25, 0.3) is 0 Å². The van der Waals surface area contributed by atoms with E-state index in [1.54, 1.807) is 0 Å². The van der Waals surface area contributed by atoms with Gasteiger partial charge in [-0.25, -0.2) is 0 Å². The van der Waals surface area contributed by atoms with E-state index in [2.05, 4.69) is 22.9 Å². The molecule has 1 heterocycles. The lowest BCUT2D eigenvalue weighted by atomic mass is 10.0. The van der Waals surface area contributed by atoms with E-state index in [9.17, 15) is 0 Å². The average molecular weight is 304 g/mol. The molecule has 2 N–H and O–H groups in total. The molecule has 1 aromatic carbocycles. The lowest BCUT2D eigenvalue weighted by Crippen LogP contribution is -2.25. The summed E-state index contributed by atoms with van der Waals surface area (Å²) in [6.45, 7) is 5.96. The molecule has 4 heteroatoms. The van der Waals surface area contributed by atoms with Crippen LogP contribution >= 0.6 is 11.6 Å². The van der Waals surface area contributed by atoms with Crippen molar-refractivity contribution >= 4 is 17.3 Å². The van der Waals surface area contributed by atoms with Gasteiger partial charge in [0.2, 0.25) is 0 Å². The minimum atomic E-state index is 0.113. The summed E-state index contributed by atoms with van der Waals surface area (Å²) < 4.78 is 0. The van der Waals surface area contributed by atoms with Gasteiger partial charge in [-0.3, -0.25) is 4.98 Å².